The van der Waals surface area contributed by atoms with E-state index in [9.17, 15) is 5.11 Å². The molecule has 0 saturated carbocycles. The van der Waals surface area contributed by atoms with Crippen molar-refractivity contribution in [1.82, 2.24) is 0 Å². The highest BCUT2D eigenvalue weighted by Crippen LogP contribution is 2.56. The van der Waals surface area contributed by atoms with Crippen LogP contribution in [0.25, 0.3) is 0 Å². The van der Waals surface area contributed by atoms with Gasteiger partial charge in [-0.25, -0.2) is 0 Å². The van der Waals surface area contributed by atoms with E-state index in [-0.39, 0.29) is 5.75 Å². The van der Waals surface area contributed by atoms with Crippen molar-refractivity contribution in [3.63, 3.8) is 0 Å². The van der Waals surface area contributed by atoms with Gasteiger partial charge in [0.05, 0.1) is 6.61 Å². The number of hydrogen-bond acceptors (Lipinski definition) is 5. The Morgan fingerprint density at radius 2 is 1.00 bits per heavy atom. The third-order valence-electron chi connectivity index (χ3n) is 7.96. The third kappa shape index (κ3) is 9.06. The summed E-state index contributed by atoms with van der Waals surface area (Å²) in [5.41, 5.74) is 0. The molecule has 0 aliphatic heterocycles. The van der Waals surface area contributed by atoms with Gasteiger partial charge in [-0.05, 0) is 82.1 Å². The van der Waals surface area contributed by atoms with Gasteiger partial charge in [-0.1, -0.05) is 80.3 Å². The molecule has 0 atom stereocenters. The monoisotopic (exact) mass is 645 g/mol. The normalized spacial score (nSPS) is 11.9. The lowest BCUT2D eigenvalue weighted by Crippen LogP contribution is -2.45. The van der Waals surface area contributed by atoms with Crippen LogP contribution >= 0.6 is 7.26 Å². The fourth-order valence-electron chi connectivity index (χ4n) is 6.04. The van der Waals surface area contributed by atoms with E-state index in [4.69, 9.17) is 18.0 Å². The van der Waals surface area contributed by atoms with Gasteiger partial charge in [0.25, 0.3) is 0 Å². The predicted octanol–water partition coefficient (Wildman–Crippen LogP) is 7.78. The molecule has 45 heavy (non-hydrogen) atoms. The molecule has 7 heteroatoms. The van der Waals surface area contributed by atoms with E-state index < -0.39 is 16.1 Å². The quantitative estimate of drug-likeness (QED) is 0.0605. The Bertz CT molecular complexity index is 1270. The van der Waals surface area contributed by atoms with Crippen LogP contribution in [0.2, 0.25) is 6.04 Å². The Kier molecular flexibility index (Phi) is 14.1. The van der Waals surface area contributed by atoms with Crippen LogP contribution in [-0.2, 0) is 13.3 Å². The molecule has 0 aromatic heterocycles. The second-order valence-electron chi connectivity index (χ2n) is 11.0. The summed E-state index contributed by atoms with van der Waals surface area (Å²) in [6, 6.07) is 38.6. The number of phenols is 1. The van der Waals surface area contributed by atoms with Crippen molar-refractivity contribution in [2.75, 3.05) is 26.4 Å². The largest absolute Gasteiger partial charge is 0.508 e. The standard InChI is InChI=1S/C38H49O5PSi/c1-4-41-45(42-5-2,43-6-3)31-21-10-8-7-9-20-30-40-37-29-28-33(39)32-38(37)44(34-22-14-11-15-23-34,35-24-16-12-17-25-35)36-26-18-13-19-27-36/h11-19,22-29,32H,4-10,20-21,30-31H2,1-3H3/p+1. The number of benzene rings is 4. The van der Waals surface area contributed by atoms with E-state index in [0.717, 1.165) is 49.2 Å². The molecular formula is C38H50O5PSi+. The minimum atomic E-state index is -2.55. The molecule has 1 N–H and O–H groups in total. The number of hydrogen-bond donors (Lipinski definition) is 1. The molecule has 0 heterocycles. The maximum Gasteiger partial charge on any atom is 0.500 e. The van der Waals surface area contributed by atoms with Crippen molar-refractivity contribution in [3.8, 4) is 11.5 Å². The highest BCUT2D eigenvalue weighted by atomic mass is 31.2. The van der Waals surface area contributed by atoms with Crippen LogP contribution in [0, 0.1) is 0 Å². The van der Waals surface area contributed by atoms with E-state index in [1.807, 2.05) is 32.9 Å². The van der Waals surface area contributed by atoms with Gasteiger partial charge in [-0.2, -0.15) is 0 Å². The number of phenolic OH excluding ortho intramolecular Hbond substituents is 1. The summed E-state index contributed by atoms with van der Waals surface area (Å²) in [5, 5.41) is 15.5. The second kappa shape index (κ2) is 18.2. The fourth-order valence-corrected chi connectivity index (χ4v) is 13.1. The lowest BCUT2D eigenvalue weighted by Gasteiger charge is -2.29. The minimum Gasteiger partial charge on any atom is -0.508 e. The molecule has 4 aromatic rings. The Hall–Kier alpha value is -2.99. The Morgan fingerprint density at radius 3 is 1.47 bits per heavy atom. The number of aromatic hydroxyl groups is 1. The van der Waals surface area contributed by atoms with Gasteiger partial charge in [0, 0.05) is 31.9 Å². The van der Waals surface area contributed by atoms with Crippen LogP contribution < -0.4 is 26.0 Å². The summed E-state index contributed by atoms with van der Waals surface area (Å²) in [6.07, 6.45) is 6.61. The lowest BCUT2D eigenvalue weighted by atomic mass is 10.1. The molecule has 0 fully saturated rings. The maximum atomic E-state index is 10.8. The lowest BCUT2D eigenvalue weighted by molar-refractivity contribution is 0.0706. The molecular weight excluding hydrogens is 595 g/mol. The topological polar surface area (TPSA) is 57.2 Å². The van der Waals surface area contributed by atoms with Gasteiger partial charge in [0.1, 0.15) is 28.9 Å². The van der Waals surface area contributed by atoms with Crippen LogP contribution in [0.5, 0.6) is 11.5 Å². The average Bonchev–Trinajstić information content (AvgIpc) is 3.07. The Labute approximate surface area is 272 Å². The molecule has 0 spiro atoms. The van der Waals surface area contributed by atoms with Crippen LogP contribution in [-0.4, -0.2) is 40.3 Å². The van der Waals surface area contributed by atoms with E-state index in [1.165, 1.54) is 22.3 Å². The zero-order valence-electron chi connectivity index (χ0n) is 27.2. The zero-order chi connectivity index (χ0) is 31.8. The first-order valence-corrected chi connectivity index (χ1v) is 20.3. The van der Waals surface area contributed by atoms with Crippen LogP contribution in [0.3, 0.4) is 0 Å². The van der Waals surface area contributed by atoms with Gasteiger partial charge >= 0.3 is 8.80 Å². The van der Waals surface area contributed by atoms with Gasteiger partial charge in [-0.15, -0.1) is 0 Å². The van der Waals surface area contributed by atoms with E-state index in [2.05, 4.69) is 91.0 Å². The third-order valence-corrected chi connectivity index (χ3v) is 15.4. The minimum absolute atomic E-state index is 0.245. The molecule has 0 radical (unpaired) electrons. The van der Waals surface area contributed by atoms with Crippen molar-refractivity contribution >= 4 is 37.3 Å². The number of unbranched alkanes of at least 4 members (excludes halogenated alkanes) is 5. The predicted molar refractivity (Wildman–Crippen MR) is 192 cm³/mol. The van der Waals surface area contributed by atoms with Gasteiger partial charge in [-0.3, -0.25) is 0 Å². The van der Waals surface area contributed by atoms with Crippen molar-refractivity contribution in [2.45, 2.75) is 65.3 Å². The summed E-state index contributed by atoms with van der Waals surface area (Å²) in [4.78, 5) is 0. The first-order chi connectivity index (χ1) is 22.1. The van der Waals surface area contributed by atoms with Crippen molar-refractivity contribution in [3.05, 3.63) is 109 Å². The maximum absolute atomic E-state index is 10.8. The summed E-state index contributed by atoms with van der Waals surface area (Å²) < 4.78 is 24.6. The molecule has 0 saturated heterocycles. The van der Waals surface area contributed by atoms with E-state index in [1.54, 1.807) is 6.07 Å². The SMILES string of the molecule is CCO[Si](CCCCCCCCOc1ccc(O)cc1[P+](c1ccccc1)(c1ccccc1)c1ccccc1)(OCC)OCC. The summed E-state index contributed by atoms with van der Waals surface area (Å²) >= 11 is 0. The van der Waals surface area contributed by atoms with Gasteiger partial charge < -0.3 is 23.1 Å². The fraction of sp³-hybridized carbons (Fsp3) is 0.368. The Balaban J connectivity index is 1.46. The number of ether oxygens (including phenoxy) is 1. The smallest absolute Gasteiger partial charge is 0.500 e. The van der Waals surface area contributed by atoms with Gasteiger partial charge in [0.2, 0.25) is 0 Å². The first-order valence-electron chi connectivity index (χ1n) is 16.5. The molecule has 5 nitrogen and oxygen atoms in total. The molecule has 4 aromatic carbocycles. The second-order valence-corrected chi connectivity index (χ2v) is 17.1. The average molecular weight is 646 g/mol. The van der Waals surface area contributed by atoms with Gasteiger partial charge in [0.15, 0.2) is 11.1 Å². The van der Waals surface area contributed by atoms with Crippen LogP contribution in [0.15, 0.2) is 109 Å². The van der Waals surface area contributed by atoms with Crippen molar-refractivity contribution < 1.29 is 23.1 Å². The first kappa shape index (κ1) is 34.9. The molecule has 240 valence electrons. The molecule has 0 aliphatic carbocycles. The summed E-state index contributed by atoms with van der Waals surface area (Å²) in [5.74, 6) is 1.08. The summed E-state index contributed by atoms with van der Waals surface area (Å²) in [6.45, 7) is 8.53. The van der Waals surface area contributed by atoms with Crippen molar-refractivity contribution in [1.29, 1.82) is 0 Å². The highest BCUT2D eigenvalue weighted by Gasteiger charge is 2.50. The van der Waals surface area contributed by atoms with Crippen LogP contribution in [0.1, 0.15) is 59.3 Å². The van der Waals surface area contributed by atoms with Crippen LogP contribution in [0.4, 0.5) is 0 Å². The molecule has 0 unspecified atom stereocenters. The molecule has 0 aliphatic rings. The highest BCUT2D eigenvalue weighted by molar-refractivity contribution is 8.01. The molecule has 0 bridgehead atoms. The zero-order valence-corrected chi connectivity index (χ0v) is 29.1. The van der Waals surface area contributed by atoms with E-state index >= 15 is 0 Å². The summed E-state index contributed by atoms with van der Waals surface area (Å²) in [7, 11) is -4.93. The molecule has 4 rings (SSSR count). The number of rotatable bonds is 20. The van der Waals surface area contributed by atoms with E-state index in [0.29, 0.717) is 26.4 Å². The molecule has 0 amide bonds. The van der Waals surface area contributed by atoms with Crippen molar-refractivity contribution in [2.24, 2.45) is 0 Å². The Morgan fingerprint density at radius 1 is 0.556 bits per heavy atom.